The maximum atomic E-state index is 6.38. The largest absolute Gasteiger partial charge is 0.410 e. The summed E-state index contributed by atoms with van der Waals surface area (Å²) >= 11 is 0. The molecular formula is C10H26O3Si3. The summed E-state index contributed by atoms with van der Waals surface area (Å²) in [6, 6.07) is 1.13. The van der Waals surface area contributed by atoms with Gasteiger partial charge < -0.3 is 13.3 Å². The topological polar surface area (TPSA) is 27.7 Å². The van der Waals surface area contributed by atoms with E-state index in [0.717, 1.165) is 6.04 Å². The second-order valence-corrected chi connectivity index (χ2v) is 29.0. The smallest absolute Gasteiger partial charge is 0.327 e. The Morgan fingerprint density at radius 2 is 1.44 bits per heavy atom. The number of rotatable bonds is 2. The summed E-state index contributed by atoms with van der Waals surface area (Å²) in [6.07, 6.45) is 0. The van der Waals surface area contributed by atoms with Gasteiger partial charge in [-0.05, 0) is 33.0 Å². The lowest BCUT2D eigenvalue weighted by atomic mass is 10.2. The molecule has 1 rings (SSSR count). The molecule has 96 valence electrons. The molecule has 16 heavy (non-hydrogen) atoms. The summed E-state index contributed by atoms with van der Waals surface area (Å²) in [5.74, 6) is 0. The van der Waals surface area contributed by atoms with Crippen molar-refractivity contribution >= 4 is 23.0 Å². The van der Waals surface area contributed by atoms with Crippen molar-refractivity contribution in [3.8, 4) is 0 Å². The molecule has 0 aliphatic carbocycles. The molecule has 1 aliphatic rings. The van der Waals surface area contributed by atoms with E-state index in [1.807, 2.05) is 14.2 Å². The van der Waals surface area contributed by atoms with Gasteiger partial charge in [-0.2, -0.15) is 0 Å². The van der Waals surface area contributed by atoms with Crippen LogP contribution in [0.3, 0.4) is 0 Å². The maximum Gasteiger partial charge on any atom is 0.327 e. The zero-order valence-corrected chi connectivity index (χ0v) is 14.9. The molecule has 0 N–H and O–H groups in total. The van der Waals surface area contributed by atoms with E-state index in [1.165, 1.54) is 0 Å². The van der Waals surface area contributed by atoms with Gasteiger partial charge in [-0.15, -0.1) is 0 Å². The molecular weight excluding hydrogens is 252 g/mol. The molecule has 0 bridgehead atoms. The third kappa shape index (κ3) is 1.99. The Hall–Kier alpha value is 0.531. The fraction of sp³-hybridized carbons (Fsp3) is 1.00. The van der Waals surface area contributed by atoms with Crippen LogP contribution in [0.4, 0.5) is 0 Å². The van der Waals surface area contributed by atoms with Gasteiger partial charge in [-0.1, -0.05) is 13.1 Å². The SMILES string of the molecule is CO[Si]1(OC)[Si](C)(C)CC(C)(C)O[Si]1(C)C. The van der Waals surface area contributed by atoms with E-state index in [2.05, 4.69) is 40.0 Å². The number of hydrogen-bond donors (Lipinski definition) is 0. The third-order valence-electron chi connectivity index (χ3n) is 3.66. The summed E-state index contributed by atoms with van der Waals surface area (Å²) in [6.45, 7) is 13.8. The first-order chi connectivity index (χ1) is 7.04. The molecule has 6 heteroatoms. The minimum Gasteiger partial charge on any atom is -0.410 e. The Morgan fingerprint density at radius 3 is 1.75 bits per heavy atom. The summed E-state index contributed by atoms with van der Waals surface area (Å²) in [4.78, 5) is 0. The quantitative estimate of drug-likeness (QED) is 0.727. The average molecular weight is 279 g/mol. The van der Waals surface area contributed by atoms with Gasteiger partial charge in [0.15, 0.2) is 0 Å². The van der Waals surface area contributed by atoms with Crippen LogP contribution in [0.2, 0.25) is 32.2 Å². The van der Waals surface area contributed by atoms with Crippen LogP contribution in [0, 0.1) is 0 Å². The van der Waals surface area contributed by atoms with Gasteiger partial charge in [-0.25, -0.2) is 0 Å². The first-order valence-electron chi connectivity index (χ1n) is 5.84. The molecule has 0 radical (unpaired) electrons. The Bertz CT molecular complexity index is 250. The summed E-state index contributed by atoms with van der Waals surface area (Å²) in [5, 5.41) is 0. The third-order valence-corrected chi connectivity index (χ3v) is 35.9. The van der Waals surface area contributed by atoms with E-state index in [9.17, 15) is 0 Å². The molecule has 1 fully saturated rings. The molecule has 0 unspecified atom stereocenters. The Balaban J connectivity index is 3.26. The lowest BCUT2D eigenvalue weighted by Gasteiger charge is -2.56. The Labute approximate surface area is 102 Å². The molecule has 0 aromatic rings. The molecule has 1 heterocycles. The van der Waals surface area contributed by atoms with Crippen molar-refractivity contribution in [1.82, 2.24) is 0 Å². The van der Waals surface area contributed by atoms with Crippen molar-refractivity contribution in [3.05, 3.63) is 0 Å². The lowest BCUT2D eigenvalue weighted by Crippen LogP contribution is -2.82. The fourth-order valence-electron chi connectivity index (χ4n) is 3.92. The van der Waals surface area contributed by atoms with Gasteiger partial charge in [0.25, 0.3) is 0 Å². The van der Waals surface area contributed by atoms with Crippen LogP contribution in [-0.4, -0.2) is 42.8 Å². The van der Waals surface area contributed by atoms with E-state index in [0.29, 0.717) is 0 Å². The highest BCUT2D eigenvalue weighted by atomic mass is 29.7. The van der Waals surface area contributed by atoms with Crippen LogP contribution in [0.15, 0.2) is 0 Å². The number of hydrogen-bond acceptors (Lipinski definition) is 3. The maximum absolute atomic E-state index is 6.38. The van der Waals surface area contributed by atoms with E-state index >= 15 is 0 Å². The molecule has 0 spiro atoms. The van der Waals surface area contributed by atoms with E-state index in [4.69, 9.17) is 13.3 Å². The zero-order chi connectivity index (χ0) is 12.8. The van der Waals surface area contributed by atoms with Crippen LogP contribution in [0.1, 0.15) is 13.8 Å². The van der Waals surface area contributed by atoms with Crippen molar-refractivity contribution in [3.63, 3.8) is 0 Å². The van der Waals surface area contributed by atoms with Gasteiger partial charge in [-0.3, -0.25) is 0 Å². The minimum atomic E-state index is -2.12. The van der Waals surface area contributed by atoms with Crippen LogP contribution in [0.5, 0.6) is 0 Å². The van der Waals surface area contributed by atoms with Crippen LogP contribution in [-0.2, 0) is 13.3 Å². The van der Waals surface area contributed by atoms with Crippen molar-refractivity contribution < 1.29 is 13.3 Å². The first-order valence-corrected chi connectivity index (χ1v) is 15.8. The van der Waals surface area contributed by atoms with Gasteiger partial charge in [0, 0.05) is 19.8 Å². The summed E-state index contributed by atoms with van der Waals surface area (Å²) in [7, 11) is -1.87. The molecule has 0 aromatic heterocycles. The first kappa shape index (κ1) is 14.6. The Morgan fingerprint density at radius 1 is 1.00 bits per heavy atom. The molecule has 3 nitrogen and oxygen atoms in total. The Kier molecular flexibility index (Phi) is 3.67. The standard InChI is InChI=1S/C10H26O3Si3/c1-10(2)9-14(5,6)16(11-3,12-4)15(7,8)13-10/h9H2,1-8H3. The molecule has 0 atom stereocenters. The highest BCUT2D eigenvalue weighted by molar-refractivity contribution is 7.64. The summed E-state index contributed by atoms with van der Waals surface area (Å²) < 4.78 is 18.3. The van der Waals surface area contributed by atoms with E-state index < -0.39 is 23.0 Å². The molecule has 1 saturated heterocycles. The average Bonchev–Trinajstić information content (AvgIpc) is 1.98. The van der Waals surface area contributed by atoms with Gasteiger partial charge in [0.1, 0.15) is 7.59 Å². The molecule has 0 amide bonds. The van der Waals surface area contributed by atoms with Crippen molar-refractivity contribution in [2.75, 3.05) is 14.2 Å². The fourth-order valence-corrected chi connectivity index (χ4v) is 42.3. The second kappa shape index (κ2) is 4.03. The van der Waals surface area contributed by atoms with Crippen LogP contribution < -0.4 is 0 Å². The van der Waals surface area contributed by atoms with Gasteiger partial charge in [0.2, 0.25) is 7.83 Å². The highest BCUT2D eigenvalue weighted by Gasteiger charge is 2.69. The monoisotopic (exact) mass is 278 g/mol. The zero-order valence-electron chi connectivity index (χ0n) is 11.9. The molecule has 1 aliphatic heterocycles. The van der Waals surface area contributed by atoms with Gasteiger partial charge in [0.05, 0.1) is 0 Å². The summed E-state index contributed by atoms with van der Waals surface area (Å²) in [5.41, 5.74) is -0.000988. The van der Waals surface area contributed by atoms with Crippen LogP contribution >= 0.6 is 0 Å². The normalized spacial score (nSPS) is 30.0. The van der Waals surface area contributed by atoms with Crippen molar-refractivity contribution in [2.45, 2.75) is 51.7 Å². The van der Waals surface area contributed by atoms with E-state index in [1.54, 1.807) is 0 Å². The predicted molar refractivity (Wildman–Crippen MR) is 74.7 cm³/mol. The predicted octanol–water partition coefficient (Wildman–Crippen LogP) is 2.60. The lowest BCUT2D eigenvalue weighted by molar-refractivity contribution is 0.110. The highest BCUT2D eigenvalue weighted by Crippen LogP contribution is 2.44. The minimum absolute atomic E-state index is 0.000988. The van der Waals surface area contributed by atoms with Gasteiger partial charge >= 0.3 is 7.60 Å². The van der Waals surface area contributed by atoms with Crippen molar-refractivity contribution in [2.24, 2.45) is 0 Å². The second-order valence-electron chi connectivity index (χ2n) is 6.46. The molecule has 0 saturated carbocycles. The van der Waals surface area contributed by atoms with Crippen molar-refractivity contribution in [1.29, 1.82) is 0 Å². The van der Waals surface area contributed by atoms with E-state index in [-0.39, 0.29) is 5.60 Å². The van der Waals surface area contributed by atoms with Crippen LogP contribution in [0.25, 0.3) is 0 Å². The molecule has 0 aromatic carbocycles.